The molecule has 96 valence electrons. The molecule has 0 unspecified atom stereocenters. The van der Waals surface area contributed by atoms with Gasteiger partial charge >= 0.3 is 0 Å². The summed E-state index contributed by atoms with van der Waals surface area (Å²) < 4.78 is 1.67. The van der Waals surface area contributed by atoms with Gasteiger partial charge in [-0.25, -0.2) is 4.68 Å². The molecule has 1 aromatic heterocycles. The van der Waals surface area contributed by atoms with Gasteiger partial charge in [0.1, 0.15) is 5.52 Å². The highest BCUT2D eigenvalue weighted by Gasteiger charge is 2.19. The zero-order chi connectivity index (χ0) is 13.3. The smallest absolute Gasteiger partial charge is 0.251 e. The molecule has 0 fully saturated rings. The van der Waals surface area contributed by atoms with Crippen LogP contribution in [0, 0.1) is 0 Å². The lowest BCUT2D eigenvalue weighted by Gasteiger charge is -2.24. The van der Waals surface area contributed by atoms with Gasteiger partial charge in [-0.15, -0.1) is 5.10 Å². The maximum atomic E-state index is 12.0. The van der Waals surface area contributed by atoms with Crippen LogP contribution >= 0.6 is 0 Å². The first kappa shape index (κ1) is 12.5. The van der Waals surface area contributed by atoms with Crippen LogP contribution in [0.1, 0.15) is 24.2 Å². The van der Waals surface area contributed by atoms with E-state index >= 15 is 0 Å². The number of nitrogens with one attached hydrogen (secondary N) is 1. The molecule has 0 saturated carbocycles. The molecule has 0 aliphatic rings. The van der Waals surface area contributed by atoms with Gasteiger partial charge in [-0.05, 0) is 32.0 Å². The summed E-state index contributed by atoms with van der Waals surface area (Å²) in [7, 11) is 1.81. The summed E-state index contributed by atoms with van der Waals surface area (Å²) in [4.78, 5) is 12.0. The van der Waals surface area contributed by atoms with Crippen molar-refractivity contribution in [2.75, 3.05) is 6.54 Å². The Kier molecular flexibility index (Phi) is 3.04. The van der Waals surface area contributed by atoms with E-state index in [1.807, 2.05) is 27.0 Å². The van der Waals surface area contributed by atoms with E-state index in [-0.39, 0.29) is 5.91 Å². The molecule has 0 aliphatic carbocycles. The van der Waals surface area contributed by atoms with E-state index in [2.05, 4.69) is 15.6 Å². The van der Waals surface area contributed by atoms with Crippen LogP contribution in [0.3, 0.4) is 0 Å². The molecule has 0 saturated heterocycles. The SMILES string of the molecule is Cn1nnc2cc(C(=O)NC(C)(C)CN)ccc21. The molecule has 0 spiro atoms. The normalized spacial score (nSPS) is 11.8. The largest absolute Gasteiger partial charge is 0.346 e. The summed E-state index contributed by atoms with van der Waals surface area (Å²) in [5.74, 6) is -0.155. The van der Waals surface area contributed by atoms with E-state index < -0.39 is 5.54 Å². The third-order valence-electron chi connectivity index (χ3n) is 2.84. The van der Waals surface area contributed by atoms with Crippen LogP contribution in [0.2, 0.25) is 0 Å². The quantitative estimate of drug-likeness (QED) is 0.823. The number of amides is 1. The molecule has 1 aromatic carbocycles. The van der Waals surface area contributed by atoms with Crippen LogP contribution in [0.5, 0.6) is 0 Å². The minimum absolute atomic E-state index is 0.155. The molecule has 1 amide bonds. The van der Waals surface area contributed by atoms with Gasteiger partial charge in [0.15, 0.2) is 0 Å². The third-order valence-corrected chi connectivity index (χ3v) is 2.84. The topological polar surface area (TPSA) is 85.8 Å². The van der Waals surface area contributed by atoms with E-state index in [0.29, 0.717) is 17.6 Å². The fourth-order valence-electron chi connectivity index (χ4n) is 1.61. The van der Waals surface area contributed by atoms with Crippen LogP contribution in [0.25, 0.3) is 11.0 Å². The molecular weight excluding hydrogens is 230 g/mol. The summed E-state index contributed by atoms with van der Waals surface area (Å²) in [6.45, 7) is 4.14. The molecule has 0 aliphatic heterocycles. The maximum absolute atomic E-state index is 12.0. The molecule has 1 heterocycles. The molecule has 0 atom stereocenters. The van der Waals surface area contributed by atoms with Gasteiger partial charge in [-0.1, -0.05) is 5.21 Å². The van der Waals surface area contributed by atoms with Crippen molar-refractivity contribution in [2.24, 2.45) is 12.8 Å². The lowest BCUT2D eigenvalue weighted by molar-refractivity contribution is 0.0916. The summed E-state index contributed by atoms with van der Waals surface area (Å²) >= 11 is 0. The van der Waals surface area contributed by atoms with E-state index in [4.69, 9.17) is 5.73 Å². The first-order chi connectivity index (χ1) is 8.43. The predicted molar refractivity (Wildman–Crippen MR) is 69.1 cm³/mol. The summed E-state index contributed by atoms with van der Waals surface area (Å²) in [6.07, 6.45) is 0. The molecular formula is C12H17N5O. The van der Waals surface area contributed by atoms with E-state index in [0.717, 1.165) is 5.52 Å². The second-order valence-corrected chi connectivity index (χ2v) is 4.96. The molecule has 6 nitrogen and oxygen atoms in total. The molecule has 2 rings (SSSR count). The lowest BCUT2D eigenvalue weighted by Crippen LogP contribution is -2.48. The van der Waals surface area contributed by atoms with Crippen molar-refractivity contribution < 1.29 is 4.79 Å². The molecule has 0 radical (unpaired) electrons. The number of rotatable bonds is 3. The Balaban J connectivity index is 2.28. The fourth-order valence-corrected chi connectivity index (χ4v) is 1.61. The number of nitrogens with zero attached hydrogens (tertiary/aromatic N) is 3. The molecule has 3 N–H and O–H groups in total. The Labute approximate surface area is 105 Å². The van der Waals surface area contributed by atoms with Crippen molar-refractivity contribution in [3.05, 3.63) is 23.8 Å². The van der Waals surface area contributed by atoms with Crippen molar-refractivity contribution >= 4 is 16.9 Å². The van der Waals surface area contributed by atoms with Crippen LogP contribution in [-0.2, 0) is 7.05 Å². The maximum Gasteiger partial charge on any atom is 0.251 e. The predicted octanol–water partition coefficient (Wildman–Crippen LogP) is 0.435. The molecule has 6 heteroatoms. The molecule has 18 heavy (non-hydrogen) atoms. The Morgan fingerprint density at radius 3 is 2.89 bits per heavy atom. The van der Waals surface area contributed by atoms with E-state index in [9.17, 15) is 4.79 Å². The second-order valence-electron chi connectivity index (χ2n) is 4.96. The van der Waals surface area contributed by atoms with Crippen molar-refractivity contribution in [3.63, 3.8) is 0 Å². The zero-order valence-corrected chi connectivity index (χ0v) is 10.8. The molecule has 0 bridgehead atoms. The highest BCUT2D eigenvalue weighted by atomic mass is 16.1. The van der Waals surface area contributed by atoms with Gasteiger partial charge < -0.3 is 11.1 Å². The average Bonchev–Trinajstić information content (AvgIpc) is 2.70. The highest BCUT2D eigenvalue weighted by Crippen LogP contribution is 2.13. The van der Waals surface area contributed by atoms with Gasteiger partial charge in [0.05, 0.1) is 5.52 Å². The number of fused-ring (bicyclic) bond motifs is 1. The van der Waals surface area contributed by atoms with Crippen LogP contribution in [-0.4, -0.2) is 33.0 Å². The lowest BCUT2D eigenvalue weighted by atomic mass is 10.1. The number of aryl methyl sites for hydroxylation is 1. The van der Waals surface area contributed by atoms with Gasteiger partial charge in [-0.2, -0.15) is 0 Å². The number of nitrogens with two attached hydrogens (primary N) is 1. The first-order valence-corrected chi connectivity index (χ1v) is 5.75. The number of hydrogen-bond acceptors (Lipinski definition) is 4. The number of hydrogen-bond donors (Lipinski definition) is 2. The minimum atomic E-state index is -0.422. The van der Waals surface area contributed by atoms with Crippen LogP contribution in [0.15, 0.2) is 18.2 Å². The average molecular weight is 247 g/mol. The van der Waals surface area contributed by atoms with Crippen LogP contribution < -0.4 is 11.1 Å². The summed E-state index contributed by atoms with van der Waals surface area (Å²) in [6, 6.07) is 5.32. The zero-order valence-electron chi connectivity index (χ0n) is 10.8. The fraction of sp³-hybridized carbons (Fsp3) is 0.417. The Morgan fingerprint density at radius 1 is 1.50 bits per heavy atom. The number of benzene rings is 1. The van der Waals surface area contributed by atoms with Gasteiger partial charge in [-0.3, -0.25) is 4.79 Å². The van der Waals surface area contributed by atoms with E-state index in [1.54, 1.807) is 16.8 Å². The number of aromatic nitrogens is 3. The highest BCUT2D eigenvalue weighted by molar-refractivity contribution is 5.97. The van der Waals surface area contributed by atoms with E-state index in [1.165, 1.54) is 0 Å². The monoisotopic (exact) mass is 247 g/mol. The van der Waals surface area contributed by atoms with Gasteiger partial charge in [0.2, 0.25) is 0 Å². The van der Waals surface area contributed by atoms with Gasteiger partial charge in [0.25, 0.3) is 5.91 Å². The first-order valence-electron chi connectivity index (χ1n) is 5.75. The minimum Gasteiger partial charge on any atom is -0.346 e. The van der Waals surface area contributed by atoms with Crippen LogP contribution in [0.4, 0.5) is 0 Å². The Morgan fingerprint density at radius 2 is 2.22 bits per heavy atom. The Hall–Kier alpha value is -1.95. The number of carbonyl (C=O) groups is 1. The summed E-state index contributed by atoms with van der Waals surface area (Å²) in [5, 5.41) is 10.8. The standard InChI is InChI=1S/C12H17N5O/c1-12(2,7-13)14-11(18)8-4-5-10-9(6-8)15-16-17(10)3/h4-6H,7,13H2,1-3H3,(H,14,18). The summed E-state index contributed by atoms with van der Waals surface area (Å²) in [5.41, 5.74) is 7.32. The van der Waals surface area contributed by atoms with Crippen molar-refractivity contribution in [1.82, 2.24) is 20.3 Å². The molecule has 2 aromatic rings. The second kappa shape index (κ2) is 4.38. The Bertz CT molecular complexity index is 587. The third kappa shape index (κ3) is 2.33. The van der Waals surface area contributed by atoms with Crippen molar-refractivity contribution in [2.45, 2.75) is 19.4 Å². The van der Waals surface area contributed by atoms with Crippen molar-refractivity contribution in [3.8, 4) is 0 Å². The number of carbonyl (C=O) groups excluding carboxylic acids is 1. The van der Waals surface area contributed by atoms with Crippen molar-refractivity contribution in [1.29, 1.82) is 0 Å². The van der Waals surface area contributed by atoms with Gasteiger partial charge in [0, 0.05) is 24.7 Å².